The van der Waals surface area contributed by atoms with Gasteiger partial charge in [0.15, 0.2) is 11.5 Å². The van der Waals surface area contributed by atoms with Crippen LogP contribution in [-0.4, -0.2) is 60.4 Å². The van der Waals surface area contributed by atoms with E-state index >= 15 is 0 Å². The zero-order valence-electron chi connectivity index (χ0n) is 21.8. The van der Waals surface area contributed by atoms with Gasteiger partial charge in [-0.2, -0.15) is 0 Å². The smallest absolute Gasteiger partial charge is 0.247 e. The molecule has 0 atom stereocenters. The third-order valence-corrected chi connectivity index (χ3v) is 7.31. The van der Waals surface area contributed by atoms with Crippen LogP contribution >= 0.6 is 0 Å². The van der Waals surface area contributed by atoms with Gasteiger partial charge in [-0.15, -0.1) is 0 Å². The third kappa shape index (κ3) is 5.57. The molecule has 1 N–H and O–H groups in total. The summed E-state index contributed by atoms with van der Waals surface area (Å²) in [5, 5.41) is 11.1. The molecular formula is C30H35N3O4. The number of carbonyl (C=O) groups excluding carboxylic acids is 1. The topological polar surface area (TPSA) is 75.1 Å². The van der Waals surface area contributed by atoms with Crippen LogP contribution < -0.4 is 14.4 Å². The van der Waals surface area contributed by atoms with E-state index in [-0.39, 0.29) is 18.1 Å². The van der Waals surface area contributed by atoms with Gasteiger partial charge < -0.3 is 24.4 Å². The molecule has 0 unspecified atom stereocenters. The molecule has 1 amide bonds. The lowest BCUT2D eigenvalue weighted by atomic mass is 10.0. The first-order valence-electron chi connectivity index (χ1n) is 13.0. The molecule has 37 heavy (non-hydrogen) atoms. The normalized spacial score (nSPS) is 16.4. The Kier molecular flexibility index (Phi) is 7.33. The number of carbonyl (C=O) groups is 1. The van der Waals surface area contributed by atoms with Crippen LogP contribution in [0.3, 0.4) is 0 Å². The zero-order valence-corrected chi connectivity index (χ0v) is 21.8. The number of aromatic nitrogens is 1. The molecule has 194 valence electrons. The van der Waals surface area contributed by atoms with Crippen molar-refractivity contribution in [2.45, 2.75) is 51.3 Å². The second-order valence-electron chi connectivity index (χ2n) is 9.98. The summed E-state index contributed by atoms with van der Waals surface area (Å²) in [6, 6.07) is 14.3. The first kappa shape index (κ1) is 25.1. The number of piperidine rings is 1. The number of hydrogen-bond donors (Lipinski definition) is 1. The Labute approximate surface area is 218 Å². The van der Waals surface area contributed by atoms with Crippen molar-refractivity contribution >= 4 is 28.7 Å². The highest BCUT2D eigenvalue weighted by Crippen LogP contribution is 2.34. The van der Waals surface area contributed by atoms with Crippen molar-refractivity contribution in [3.63, 3.8) is 0 Å². The monoisotopic (exact) mass is 501 g/mol. The Morgan fingerprint density at radius 1 is 1.08 bits per heavy atom. The van der Waals surface area contributed by atoms with E-state index in [4.69, 9.17) is 14.5 Å². The minimum absolute atomic E-state index is 0.0124. The minimum atomic E-state index is -0.256. The first-order chi connectivity index (χ1) is 18.0. The Bertz CT molecular complexity index is 1310. The van der Waals surface area contributed by atoms with Gasteiger partial charge in [-0.3, -0.25) is 4.79 Å². The summed E-state index contributed by atoms with van der Waals surface area (Å²) in [5.41, 5.74) is 4.05. The standard InChI is InChI=1S/C30H35N3O4/c1-20-5-4-6-22-18-23(30(31-29(20)22)32-15-13-25(34)14-16-32)19-33(24-9-10-24)28(35)12-8-21-7-11-26(36-2)27(17-21)37-3/h4-8,11-12,17-18,24-25,34H,9-10,13-16,19H2,1-3H3/b12-8+. The fourth-order valence-electron chi connectivity index (χ4n) is 5.03. The highest BCUT2D eigenvalue weighted by atomic mass is 16.5. The number of amides is 1. The van der Waals surface area contributed by atoms with Crippen molar-refractivity contribution in [3.8, 4) is 11.5 Å². The van der Waals surface area contributed by atoms with Crippen LogP contribution in [0.15, 0.2) is 48.5 Å². The molecule has 7 nitrogen and oxygen atoms in total. The quantitative estimate of drug-likeness (QED) is 0.450. The summed E-state index contributed by atoms with van der Waals surface area (Å²) in [6.07, 6.45) is 6.71. The van der Waals surface area contributed by atoms with Gasteiger partial charge in [-0.05, 0) is 68.0 Å². The number of aryl methyl sites for hydroxylation is 1. The number of anilines is 1. The maximum atomic E-state index is 13.4. The van der Waals surface area contributed by atoms with Gasteiger partial charge in [0.2, 0.25) is 5.91 Å². The van der Waals surface area contributed by atoms with Crippen LogP contribution in [0.2, 0.25) is 0 Å². The van der Waals surface area contributed by atoms with E-state index in [0.29, 0.717) is 18.0 Å². The van der Waals surface area contributed by atoms with Crippen LogP contribution in [0.1, 0.15) is 42.4 Å². The van der Waals surface area contributed by atoms with E-state index in [9.17, 15) is 9.90 Å². The van der Waals surface area contributed by atoms with Crippen molar-refractivity contribution in [1.82, 2.24) is 9.88 Å². The molecule has 1 aromatic heterocycles. The van der Waals surface area contributed by atoms with E-state index in [1.54, 1.807) is 20.3 Å². The van der Waals surface area contributed by atoms with Crippen LogP contribution in [0, 0.1) is 6.92 Å². The second kappa shape index (κ2) is 10.8. The van der Waals surface area contributed by atoms with Crippen LogP contribution in [-0.2, 0) is 11.3 Å². The van der Waals surface area contributed by atoms with Gasteiger partial charge in [0.05, 0.1) is 25.8 Å². The van der Waals surface area contributed by atoms with E-state index in [1.165, 1.54) is 0 Å². The average Bonchev–Trinajstić information content (AvgIpc) is 3.76. The van der Waals surface area contributed by atoms with Crippen LogP contribution in [0.5, 0.6) is 11.5 Å². The lowest BCUT2D eigenvalue weighted by Gasteiger charge is -2.33. The number of ether oxygens (including phenoxy) is 2. The fourth-order valence-corrected chi connectivity index (χ4v) is 5.03. The summed E-state index contributed by atoms with van der Waals surface area (Å²) < 4.78 is 10.7. The predicted octanol–water partition coefficient (Wildman–Crippen LogP) is 4.73. The van der Waals surface area contributed by atoms with E-state index in [0.717, 1.165) is 72.2 Å². The summed E-state index contributed by atoms with van der Waals surface area (Å²) in [6.45, 7) is 4.10. The minimum Gasteiger partial charge on any atom is -0.493 e. The Balaban J connectivity index is 1.44. The van der Waals surface area contributed by atoms with Gasteiger partial charge in [0.1, 0.15) is 5.82 Å². The molecule has 2 heterocycles. The summed E-state index contributed by atoms with van der Waals surface area (Å²) in [7, 11) is 3.21. The molecule has 2 fully saturated rings. The predicted molar refractivity (Wildman–Crippen MR) is 146 cm³/mol. The van der Waals surface area contributed by atoms with Crippen molar-refractivity contribution in [2.24, 2.45) is 0 Å². The molecule has 0 spiro atoms. The van der Waals surface area contributed by atoms with Gasteiger partial charge >= 0.3 is 0 Å². The maximum absolute atomic E-state index is 13.4. The van der Waals surface area contributed by atoms with E-state index in [1.807, 2.05) is 29.2 Å². The molecular weight excluding hydrogens is 466 g/mol. The van der Waals surface area contributed by atoms with Crippen molar-refractivity contribution in [3.05, 3.63) is 65.2 Å². The van der Waals surface area contributed by atoms with Gasteiger partial charge in [0, 0.05) is 42.7 Å². The van der Waals surface area contributed by atoms with E-state index < -0.39 is 0 Å². The summed E-state index contributed by atoms with van der Waals surface area (Å²) >= 11 is 0. The van der Waals surface area contributed by atoms with E-state index in [2.05, 4.69) is 36.1 Å². The molecule has 2 aromatic carbocycles. The van der Waals surface area contributed by atoms with Gasteiger partial charge in [-0.25, -0.2) is 4.98 Å². The molecule has 2 aliphatic rings. The number of pyridine rings is 1. The SMILES string of the molecule is COc1ccc(/C=C/C(=O)N(Cc2cc3cccc(C)c3nc2N2CCC(O)CC2)C2CC2)cc1OC. The first-order valence-corrected chi connectivity index (χ1v) is 13.0. The Hall–Kier alpha value is -3.58. The number of para-hydroxylation sites is 1. The summed E-state index contributed by atoms with van der Waals surface area (Å²) in [4.78, 5) is 22.8. The molecule has 0 bridgehead atoms. The van der Waals surface area contributed by atoms with Crippen molar-refractivity contribution in [1.29, 1.82) is 0 Å². The maximum Gasteiger partial charge on any atom is 0.247 e. The number of hydrogen-bond acceptors (Lipinski definition) is 6. The molecule has 3 aromatic rings. The van der Waals surface area contributed by atoms with Gasteiger partial charge in [0.25, 0.3) is 0 Å². The molecule has 5 rings (SSSR count). The zero-order chi connectivity index (χ0) is 25.9. The molecule has 0 radical (unpaired) electrons. The van der Waals surface area contributed by atoms with Crippen molar-refractivity contribution < 1.29 is 19.4 Å². The number of aliphatic hydroxyl groups excluding tert-OH is 1. The number of fused-ring (bicyclic) bond motifs is 1. The number of benzene rings is 2. The third-order valence-electron chi connectivity index (χ3n) is 7.31. The lowest BCUT2D eigenvalue weighted by molar-refractivity contribution is -0.127. The number of aliphatic hydroxyl groups is 1. The fraction of sp³-hybridized carbons (Fsp3) is 0.400. The van der Waals surface area contributed by atoms with Gasteiger partial charge in [-0.1, -0.05) is 24.3 Å². The highest BCUT2D eigenvalue weighted by Gasteiger charge is 2.33. The van der Waals surface area contributed by atoms with Crippen molar-refractivity contribution in [2.75, 3.05) is 32.2 Å². The molecule has 1 saturated heterocycles. The summed E-state index contributed by atoms with van der Waals surface area (Å²) in [5.74, 6) is 2.20. The average molecular weight is 502 g/mol. The molecule has 1 aliphatic heterocycles. The molecule has 1 saturated carbocycles. The number of methoxy groups -OCH3 is 2. The van der Waals surface area contributed by atoms with Crippen LogP contribution in [0.4, 0.5) is 5.82 Å². The Morgan fingerprint density at radius 2 is 1.84 bits per heavy atom. The second-order valence-corrected chi connectivity index (χ2v) is 9.98. The largest absolute Gasteiger partial charge is 0.493 e. The lowest BCUT2D eigenvalue weighted by Crippen LogP contribution is -2.38. The number of nitrogens with zero attached hydrogens (tertiary/aromatic N) is 3. The highest BCUT2D eigenvalue weighted by molar-refractivity contribution is 5.92. The number of rotatable bonds is 8. The molecule has 7 heteroatoms. The molecule has 1 aliphatic carbocycles. The Morgan fingerprint density at radius 3 is 2.54 bits per heavy atom. The van der Waals surface area contributed by atoms with Crippen LogP contribution in [0.25, 0.3) is 17.0 Å².